The number of carbonyl (C=O) groups is 1. The first-order valence-corrected chi connectivity index (χ1v) is 7.55. The van der Waals surface area contributed by atoms with Crippen LogP contribution >= 0.6 is 0 Å². The summed E-state index contributed by atoms with van der Waals surface area (Å²) >= 11 is 0. The van der Waals surface area contributed by atoms with E-state index in [1.165, 1.54) is 0 Å². The minimum absolute atomic E-state index is 0.122. The fourth-order valence-corrected chi connectivity index (χ4v) is 2.43. The quantitative estimate of drug-likeness (QED) is 0.868. The van der Waals surface area contributed by atoms with Crippen LogP contribution in [0.2, 0.25) is 0 Å². The zero-order chi connectivity index (χ0) is 15.2. The second-order valence-corrected chi connectivity index (χ2v) is 5.87. The van der Waals surface area contributed by atoms with Crippen molar-refractivity contribution in [3.05, 3.63) is 24.3 Å². The van der Waals surface area contributed by atoms with Gasteiger partial charge in [-0.1, -0.05) is 13.8 Å². The van der Waals surface area contributed by atoms with Crippen LogP contribution in [0.25, 0.3) is 0 Å². The minimum atomic E-state index is -0.455. The van der Waals surface area contributed by atoms with Gasteiger partial charge in [-0.2, -0.15) is 0 Å². The summed E-state index contributed by atoms with van der Waals surface area (Å²) in [5, 5.41) is 2.87. The highest BCUT2D eigenvalue weighted by molar-refractivity contribution is 5.94. The molecule has 0 unspecified atom stereocenters. The first kappa shape index (κ1) is 15.8. The smallest absolute Gasteiger partial charge is 0.241 e. The molecule has 1 saturated heterocycles. The highest BCUT2D eigenvalue weighted by Crippen LogP contribution is 2.19. The van der Waals surface area contributed by atoms with E-state index in [9.17, 15) is 4.79 Å². The Morgan fingerprint density at radius 1 is 1.29 bits per heavy atom. The van der Waals surface area contributed by atoms with Gasteiger partial charge >= 0.3 is 0 Å². The predicted octanol–water partition coefficient (Wildman–Crippen LogP) is 1.84. The molecule has 1 atom stereocenters. The number of nitrogens with one attached hydrogen (secondary N) is 1. The SMILES string of the molecule is CC(C)C[C@@H](N)C(=O)Nc1ccc(N2CCOCC2)cc1. The van der Waals surface area contributed by atoms with Crippen LogP contribution in [0.5, 0.6) is 0 Å². The predicted molar refractivity (Wildman–Crippen MR) is 85.5 cm³/mol. The van der Waals surface area contributed by atoms with E-state index in [2.05, 4.69) is 24.1 Å². The van der Waals surface area contributed by atoms with E-state index in [0.29, 0.717) is 12.3 Å². The van der Waals surface area contributed by atoms with Crippen molar-refractivity contribution in [1.29, 1.82) is 0 Å². The molecule has 1 aliphatic rings. The van der Waals surface area contributed by atoms with Gasteiger partial charge < -0.3 is 20.7 Å². The molecule has 116 valence electrons. The third-order valence-electron chi connectivity index (χ3n) is 3.57. The minimum Gasteiger partial charge on any atom is -0.378 e. The molecular weight excluding hydrogens is 266 g/mol. The second-order valence-electron chi connectivity index (χ2n) is 5.87. The average Bonchev–Trinajstić information content (AvgIpc) is 2.48. The summed E-state index contributed by atoms with van der Waals surface area (Å²) in [6.45, 7) is 7.47. The van der Waals surface area contributed by atoms with Crippen LogP contribution < -0.4 is 16.0 Å². The molecule has 1 aromatic rings. The molecule has 1 heterocycles. The van der Waals surface area contributed by atoms with Crippen LogP contribution in [-0.4, -0.2) is 38.3 Å². The lowest BCUT2D eigenvalue weighted by Crippen LogP contribution is -2.37. The highest BCUT2D eigenvalue weighted by Gasteiger charge is 2.15. The summed E-state index contributed by atoms with van der Waals surface area (Å²) in [7, 11) is 0. The van der Waals surface area contributed by atoms with Crippen molar-refractivity contribution >= 4 is 17.3 Å². The van der Waals surface area contributed by atoms with E-state index in [-0.39, 0.29) is 5.91 Å². The number of nitrogens with zero attached hydrogens (tertiary/aromatic N) is 1. The molecule has 0 radical (unpaired) electrons. The topological polar surface area (TPSA) is 67.6 Å². The lowest BCUT2D eigenvalue weighted by molar-refractivity contribution is -0.117. The first-order chi connectivity index (χ1) is 10.1. The summed E-state index contributed by atoms with van der Waals surface area (Å²) in [4.78, 5) is 14.2. The van der Waals surface area contributed by atoms with Crippen molar-refractivity contribution < 1.29 is 9.53 Å². The van der Waals surface area contributed by atoms with Gasteiger partial charge in [-0.25, -0.2) is 0 Å². The standard InChI is InChI=1S/C16H25N3O2/c1-12(2)11-15(17)16(20)18-13-3-5-14(6-4-13)19-7-9-21-10-8-19/h3-6,12,15H,7-11,17H2,1-2H3,(H,18,20)/t15-/m1/s1. The Kier molecular flexibility index (Phi) is 5.59. The number of nitrogens with two attached hydrogens (primary N) is 1. The van der Waals surface area contributed by atoms with Crippen molar-refractivity contribution in [3.8, 4) is 0 Å². The Morgan fingerprint density at radius 3 is 2.48 bits per heavy atom. The fourth-order valence-electron chi connectivity index (χ4n) is 2.43. The number of morpholine rings is 1. The largest absolute Gasteiger partial charge is 0.378 e. The third kappa shape index (κ3) is 4.72. The molecule has 5 nitrogen and oxygen atoms in total. The van der Waals surface area contributed by atoms with Gasteiger partial charge in [0.15, 0.2) is 0 Å². The van der Waals surface area contributed by atoms with E-state index in [1.807, 2.05) is 24.3 Å². The van der Waals surface area contributed by atoms with Crippen molar-refractivity contribution in [3.63, 3.8) is 0 Å². The van der Waals surface area contributed by atoms with Gasteiger partial charge in [0, 0.05) is 24.5 Å². The van der Waals surface area contributed by atoms with Gasteiger partial charge in [0.2, 0.25) is 5.91 Å². The molecule has 5 heteroatoms. The van der Waals surface area contributed by atoms with E-state index in [0.717, 1.165) is 37.7 Å². The van der Waals surface area contributed by atoms with Crippen molar-refractivity contribution in [2.75, 3.05) is 36.5 Å². The highest BCUT2D eigenvalue weighted by atomic mass is 16.5. The molecule has 1 aliphatic heterocycles. The van der Waals surface area contributed by atoms with Crippen LogP contribution in [0.3, 0.4) is 0 Å². The molecule has 2 rings (SSSR count). The maximum atomic E-state index is 12.0. The third-order valence-corrected chi connectivity index (χ3v) is 3.57. The molecule has 21 heavy (non-hydrogen) atoms. The van der Waals surface area contributed by atoms with Crippen molar-refractivity contribution in [2.24, 2.45) is 11.7 Å². The number of anilines is 2. The Morgan fingerprint density at radius 2 is 1.90 bits per heavy atom. The number of benzene rings is 1. The van der Waals surface area contributed by atoms with E-state index < -0.39 is 6.04 Å². The molecule has 3 N–H and O–H groups in total. The van der Waals surface area contributed by atoms with Crippen molar-refractivity contribution in [2.45, 2.75) is 26.3 Å². The van der Waals surface area contributed by atoms with Gasteiger partial charge in [-0.05, 0) is 36.6 Å². The summed E-state index contributed by atoms with van der Waals surface area (Å²) in [5.41, 5.74) is 7.82. The second kappa shape index (κ2) is 7.43. The van der Waals surface area contributed by atoms with Crippen LogP contribution in [0.15, 0.2) is 24.3 Å². The number of hydrogen-bond acceptors (Lipinski definition) is 4. The van der Waals surface area contributed by atoms with Gasteiger partial charge in [0.05, 0.1) is 19.3 Å². The van der Waals surface area contributed by atoms with Gasteiger partial charge in [-0.15, -0.1) is 0 Å². The molecule has 1 amide bonds. The summed E-state index contributed by atoms with van der Waals surface area (Å²) < 4.78 is 5.34. The van der Waals surface area contributed by atoms with Crippen LogP contribution in [-0.2, 0) is 9.53 Å². The molecule has 1 fully saturated rings. The number of ether oxygens (including phenoxy) is 1. The zero-order valence-corrected chi connectivity index (χ0v) is 12.8. The number of hydrogen-bond donors (Lipinski definition) is 2. The summed E-state index contributed by atoms with van der Waals surface area (Å²) in [5.74, 6) is 0.289. The van der Waals surface area contributed by atoms with E-state index in [4.69, 9.17) is 10.5 Å². The molecule has 1 aromatic carbocycles. The van der Waals surface area contributed by atoms with E-state index in [1.54, 1.807) is 0 Å². The van der Waals surface area contributed by atoms with Gasteiger partial charge in [0.25, 0.3) is 0 Å². The zero-order valence-electron chi connectivity index (χ0n) is 12.8. The van der Waals surface area contributed by atoms with Crippen molar-refractivity contribution in [1.82, 2.24) is 0 Å². The van der Waals surface area contributed by atoms with E-state index >= 15 is 0 Å². The maximum absolute atomic E-state index is 12.0. The molecule has 0 aromatic heterocycles. The number of carbonyl (C=O) groups excluding carboxylic acids is 1. The summed E-state index contributed by atoms with van der Waals surface area (Å²) in [6.07, 6.45) is 0.692. The Labute approximate surface area is 126 Å². The van der Waals surface area contributed by atoms with Crippen LogP contribution in [0.1, 0.15) is 20.3 Å². The lowest BCUT2D eigenvalue weighted by Gasteiger charge is -2.29. The number of rotatable bonds is 5. The monoisotopic (exact) mass is 291 g/mol. The molecule has 0 aliphatic carbocycles. The maximum Gasteiger partial charge on any atom is 0.241 e. The fraction of sp³-hybridized carbons (Fsp3) is 0.562. The van der Waals surface area contributed by atoms with Gasteiger partial charge in [0.1, 0.15) is 0 Å². The number of amides is 1. The average molecular weight is 291 g/mol. The summed E-state index contributed by atoms with van der Waals surface area (Å²) in [6, 6.07) is 7.43. The lowest BCUT2D eigenvalue weighted by atomic mass is 10.0. The van der Waals surface area contributed by atoms with Crippen LogP contribution in [0, 0.1) is 5.92 Å². The molecule has 0 bridgehead atoms. The van der Waals surface area contributed by atoms with Crippen LogP contribution in [0.4, 0.5) is 11.4 Å². The molecular formula is C16H25N3O2. The molecule has 0 saturated carbocycles. The van der Waals surface area contributed by atoms with Gasteiger partial charge in [-0.3, -0.25) is 4.79 Å². The Balaban J connectivity index is 1.91. The Hall–Kier alpha value is -1.59. The first-order valence-electron chi connectivity index (χ1n) is 7.55. The normalized spacial score (nSPS) is 16.9. The Bertz CT molecular complexity index is 453. The molecule has 0 spiro atoms.